The van der Waals surface area contributed by atoms with E-state index in [9.17, 15) is 13.2 Å². The number of aryl methyl sites for hydroxylation is 1. The average Bonchev–Trinajstić information content (AvgIpc) is 2.80. The van der Waals surface area contributed by atoms with Crippen LogP contribution < -0.4 is 4.90 Å². The standard InChI is InChI=1S/C24H31N3O3S/c1-20-7-9-23(10-8-20)31(29,30)27-13-11-21(12-14-27)19-24(28)26-17-15-25(16-18-26)22-5-3-2-4-6-22/h2-10,21H,11-19H2,1H3. The maximum atomic E-state index is 12.9. The quantitative estimate of drug-likeness (QED) is 0.715. The summed E-state index contributed by atoms with van der Waals surface area (Å²) in [6, 6.07) is 17.3. The van der Waals surface area contributed by atoms with Crippen LogP contribution in [0.1, 0.15) is 24.8 Å². The molecule has 2 saturated heterocycles. The zero-order valence-electron chi connectivity index (χ0n) is 18.1. The van der Waals surface area contributed by atoms with Crippen LogP contribution in [0, 0.1) is 12.8 Å². The number of amides is 1. The highest BCUT2D eigenvalue weighted by Crippen LogP contribution is 2.27. The van der Waals surface area contributed by atoms with Crippen molar-refractivity contribution >= 4 is 21.6 Å². The number of carbonyl (C=O) groups is 1. The first kappa shape index (κ1) is 21.8. The molecule has 2 aliphatic heterocycles. The third-order valence-corrected chi connectivity index (χ3v) is 8.36. The topological polar surface area (TPSA) is 60.9 Å². The molecule has 2 fully saturated rings. The van der Waals surface area contributed by atoms with Crippen LogP contribution >= 0.6 is 0 Å². The predicted molar refractivity (Wildman–Crippen MR) is 123 cm³/mol. The van der Waals surface area contributed by atoms with Crippen molar-refractivity contribution in [1.29, 1.82) is 0 Å². The number of anilines is 1. The zero-order valence-corrected chi connectivity index (χ0v) is 18.9. The van der Waals surface area contributed by atoms with Crippen molar-refractivity contribution in [2.45, 2.75) is 31.1 Å². The van der Waals surface area contributed by atoms with E-state index >= 15 is 0 Å². The van der Waals surface area contributed by atoms with Crippen LogP contribution in [0.15, 0.2) is 59.5 Å². The number of rotatable bonds is 5. The average molecular weight is 442 g/mol. The van der Waals surface area contributed by atoms with Crippen LogP contribution in [0.2, 0.25) is 0 Å². The van der Waals surface area contributed by atoms with Crippen LogP contribution in [0.25, 0.3) is 0 Å². The number of carbonyl (C=O) groups excluding carboxylic acids is 1. The lowest BCUT2D eigenvalue weighted by molar-refractivity contribution is -0.132. The van der Waals surface area contributed by atoms with Gasteiger partial charge in [-0.2, -0.15) is 4.31 Å². The van der Waals surface area contributed by atoms with Gasteiger partial charge in [0.2, 0.25) is 15.9 Å². The number of nitrogens with zero attached hydrogens (tertiary/aromatic N) is 3. The Morgan fingerprint density at radius 1 is 0.871 bits per heavy atom. The molecule has 0 unspecified atom stereocenters. The molecule has 0 atom stereocenters. The minimum atomic E-state index is -3.45. The lowest BCUT2D eigenvalue weighted by Gasteiger charge is -2.37. The van der Waals surface area contributed by atoms with Crippen molar-refractivity contribution in [2.75, 3.05) is 44.2 Å². The molecule has 31 heavy (non-hydrogen) atoms. The molecule has 6 nitrogen and oxygen atoms in total. The van der Waals surface area contributed by atoms with Crippen LogP contribution in [-0.2, 0) is 14.8 Å². The molecule has 4 rings (SSSR count). The minimum Gasteiger partial charge on any atom is -0.368 e. The fraction of sp³-hybridized carbons (Fsp3) is 0.458. The van der Waals surface area contributed by atoms with Gasteiger partial charge in [0, 0.05) is 51.4 Å². The van der Waals surface area contributed by atoms with Crippen molar-refractivity contribution in [3.05, 3.63) is 60.2 Å². The lowest BCUT2D eigenvalue weighted by atomic mass is 9.94. The second-order valence-electron chi connectivity index (χ2n) is 8.57. The first-order chi connectivity index (χ1) is 14.9. The Kier molecular flexibility index (Phi) is 6.62. The minimum absolute atomic E-state index is 0.201. The smallest absolute Gasteiger partial charge is 0.243 e. The molecule has 0 radical (unpaired) electrons. The maximum Gasteiger partial charge on any atom is 0.243 e. The van der Waals surface area contributed by atoms with Crippen LogP contribution in [0.3, 0.4) is 0 Å². The summed E-state index contributed by atoms with van der Waals surface area (Å²) in [6.07, 6.45) is 1.99. The van der Waals surface area contributed by atoms with Gasteiger partial charge in [0.05, 0.1) is 4.90 Å². The maximum absolute atomic E-state index is 12.9. The van der Waals surface area contributed by atoms with E-state index in [1.165, 1.54) is 5.69 Å². The largest absolute Gasteiger partial charge is 0.368 e. The first-order valence-corrected chi connectivity index (χ1v) is 12.5. The van der Waals surface area contributed by atoms with Gasteiger partial charge in [0.25, 0.3) is 0 Å². The Morgan fingerprint density at radius 3 is 2.10 bits per heavy atom. The molecule has 2 aromatic rings. The first-order valence-electron chi connectivity index (χ1n) is 11.1. The van der Waals surface area contributed by atoms with Gasteiger partial charge in [-0.15, -0.1) is 0 Å². The second kappa shape index (κ2) is 9.40. The number of piperidine rings is 1. The van der Waals surface area contributed by atoms with Crippen molar-refractivity contribution in [2.24, 2.45) is 5.92 Å². The van der Waals surface area contributed by atoms with E-state index in [1.54, 1.807) is 16.4 Å². The second-order valence-corrected chi connectivity index (χ2v) is 10.5. The van der Waals surface area contributed by atoms with Crippen molar-refractivity contribution in [1.82, 2.24) is 9.21 Å². The molecule has 1 amide bonds. The summed E-state index contributed by atoms with van der Waals surface area (Å²) in [6.45, 7) is 6.10. The van der Waals surface area contributed by atoms with Gasteiger partial charge in [-0.05, 0) is 49.9 Å². The molecule has 2 heterocycles. The van der Waals surface area contributed by atoms with E-state index in [-0.39, 0.29) is 11.8 Å². The fourth-order valence-electron chi connectivity index (χ4n) is 4.44. The molecule has 2 aliphatic rings. The molecule has 0 saturated carbocycles. The summed E-state index contributed by atoms with van der Waals surface area (Å²) in [7, 11) is -3.45. The summed E-state index contributed by atoms with van der Waals surface area (Å²) in [5, 5.41) is 0. The Hall–Kier alpha value is -2.38. The van der Waals surface area contributed by atoms with Gasteiger partial charge < -0.3 is 9.80 Å². The molecule has 0 aliphatic carbocycles. The number of hydrogen-bond donors (Lipinski definition) is 0. The number of para-hydroxylation sites is 1. The summed E-state index contributed by atoms with van der Waals surface area (Å²) >= 11 is 0. The summed E-state index contributed by atoms with van der Waals surface area (Å²) < 4.78 is 27.3. The van der Waals surface area contributed by atoms with Crippen molar-refractivity contribution < 1.29 is 13.2 Å². The SMILES string of the molecule is Cc1ccc(S(=O)(=O)N2CCC(CC(=O)N3CCN(c4ccccc4)CC3)CC2)cc1. The molecule has 2 aromatic carbocycles. The third-order valence-electron chi connectivity index (χ3n) is 6.45. The molecular formula is C24H31N3O3S. The van der Waals surface area contributed by atoms with Crippen LogP contribution in [0.5, 0.6) is 0 Å². The van der Waals surface area contributed by atoms with Gasteiger partial charge in [-0.1, -0.05) is 35.9 Å². The normalized spacial score (nSPS) is 18.9. The van der Waals surface area contributed by atoms with Crippen molar-refractivity contribution in [3.63, 3.8) is 0 Å². The monoisotopic (exact) mass is 441 g/mol. The van der Waals surface area contributed by atoms with Gasteiger partial charge in [0.1, 0.15) is 0 Å². The van der Waals surface area contributed by atoms with E-state index in [2.05, 4.69) is 17.0 Å². The zero-order chi connectivity index (χ0) is 21.8. The Balaban J connectivity index is 1.25. The molecule has 7 heteroatoms. The highest BCUT2D eigenvalue weighted by molar-refractivity contribution is 7.89. The Labute approximate surface area is 185 Å². The van der Waals surface area contributed by atoms with Gasteiger partial charge in [-0.25, -0.2) is 8.42 Å². The molecule has 0 bridgehead atoms. The predicted octanol–water partition coefficient (Wildman–Crippen LogP) is 3.13. The molecule has 0 aromatic heterocycles. The molecular weight excluding hydrogens is 410 g/mol. The summed E-state index contributed by atoms with van der Waals surface area (Å²) in [5.74, 6) is 0.455. The van der Waals surface area contributed by atoms with E-state index in [4.69, 9.17) is 0 Å². The van der Waals surface area contributed by atoms with Gasteiger partial charge >= 0.3 is 0 Å². The lowest BCUT2D eigenvalue weighted by Crippen LogP contribution is -2.49. The van der Waals surface area contributed by atoms with E-state index in [0.717, 1.165) is 44.6 Å². The van der Waals surface area contributed by atoms with Gasteiger partial charge in [0.15, 0.2) is 0 Å². The fourth-order valence-corrected chi connectivity index (χ4v) is 5.91. The number of piperazine rings is 1. The summed E-state index contributed by atoms with van der Waals surface area (Å²) in [4.78, 5) is 17.5. The molecule has 166 valence electrons. The van der Waals surface area contributed by atoms with Crippen LogP contribution in [-0.4, -0.2) is 62.8 Å². The van der Waals surface area contributed by atoms with Crippen LogP contribution in [0.4, 0.5) is 5.69 Å². The van der Waals surface area contributed by atoms with Gasteiger partial charge in [-0.3, -0.25) is 4.79 Å². The highest BCUT2D eigenvalue weighted by atomic mass is 32.2. The number of benzene rings is 2. The summed E-state index contributed by atoms with van der Waals surface area (Å²) in [5.41, 5.74) is 2.25. The Bertz CT molecular complexity index is 976. The van der Waals surface area contributed by atoms with E-state index in [1.807, 2.05) is 42.2 Å². The van der Waals surface area contributed by atoms with Crippen molar-refractivity contribution in [3.8, 4) is 0 Å². The molecule has 0 N–H and O–H groups in total. The molecule has 0 spiro atoms. The third kappa shape index (κ3) is 5.10. The van der Waals surface area contributed by atoms with E-state index in [0.29, 0.717) is 24.4 Å². The highest BCUT2D eigenvalue weighted by Gasteiger charge is 2.31. The number of sulfonamides is 1. The number of hydrogen-bond acceptors (Lipinski definition) is 4. The Morgan fingerprint density at radius 2 is 1.48 bits per heavy atom. The van der Waals surface area contributed by atoms with E-state index < -0.39 is 10.0 Å².